The summed E-state index contributed by atoms with van der Waals surface area (Å²) in [5.41, 5.74) is 1.87. The number of hydrogen-bond donors (Lipinski definition) is 1. The summed E-state index contributed by atoms with van der Waals surface area (Å²) in [6.45, 7) is 9.35. The van der Waals surface area contributed by atoms with Crippen molar-refractivity contribution in [3.63, 3.8) is 0 Å². The Labute approximate surface area is 121 Å². The highest BCUT2D eigenvalue weighted by Crippen LogP contribution is 2.33. The molecule has 0 aliphatic heterocycles. The van der Waals surface area contributed by atoms with Crippen LogP contribution < -0.4 is 5.32 Å². The largest absolute Gasteiger partial charge is 0.309 e. The van der Waals surface area contributed by atoms with E-state index in [9.17, 15) is 12.8 Å². The third-order valence-corrected chi connectivity index (χ3v) is 6.00. The van der Waals surface area contributed by atoms with Gasteiger partial charge in [-0.3, -0.25) is 0 Å². The van der Waals surface area contributed by atoms with Crippen molar-refractivity contribution >= 4 is 9.84 Å². The van der Waals surface area contributed by atoms with E-state index in [2.05, 4.69) is 5.32 Å². The third kappa shape index (κ3) is 3.20. The second-order valence-corrected chi connectivity index (χ2v) is 8.43. The molecular formula is C15H24FNO2S. The van der Waals surface area contributed by atoms with Gasteiger partial charge in [-0.2, -0.15) is 0 Å². The van der Waals surface area contributed by atoms with Gasteiger partial charge in [-0.25, -0.2) is 12.8 Å². The van der Waals surface area contributed by atoms with Crippen LogP contribution in [0.1, 0.15) is 43.5 Å². The molecule has 1 aromatic carbocycles. The van der Waals surface area contributed by atoms with Crippen LogP contribution in [0.15, 0.2) is 12.1 Å². The van der Waals surface area contributed by atoms with Gasteiger partial charge >= 0.3 is 0 Å². The van der Waals surface area contributed by atoms with Crippen molar-refractivity contribution in [1.82, 2.24) is 5.32 Å². The standard InChI is InChI=1S/C15H24FNO2S/c1-7-17-14(15(4,5)20(6,18)19)12-8-10(2)13(16)11(3)9-12/h8-9,14,17H,7H2,1-6H3. The molecule has 0 bridgehead atoms. The minimum absolute atomic E-state index is 0.235. The molecule has 1 rings (SSSR count). The van der Waals surface area contributed by atoms with E-state index in [1.807, 2.05) is 6.92 Å². The molecule has 0 saturated heterocycles. The number of halogens is 1. The highest BCUT2D eigenvalue weighted by Gasteiger charge is 2.39. The second kappa shape index (κ2) is 5.82. The summed E-state index contributed by atoms with van der Waals surface area (Å²) in [6.07, 6.45) is 1.24. The molecule has 0 saturated carbocycles. The molecule has 1 aromatic rings. The maximum atomic E-state index is 13.8. The molecule has 20 heavy (non-hydrogen) atoms. The van der Waals surface area contributed by atoms with E-state index in [0.29, 0.717) is 17.7 Å². The number of nitrogens with one attached hydrogen (secondary N) is 1. The summed E-state index contributed by atoms with van der Waals surface area (Å²) in [7, 11) is -3.26. The molecule has 114 valence electrons. The molecule has 1 atom stereocenters. The lowest BCUT2D eigenvalue weighted by molar-refractivity contribution is 0.427. The van der Waals surface area contributed by atoms with Crippen LogP contribution in [0, 0.1) is 19.7 Å². The van der Waals surface area contributed by atoms with Crippen molar-refractivity contribution < 1.29 is 12.8 Å². The van der Waals surface area contributed by atoms with Crippen LogP contribution in [-0.2, 0) is 9.84 Å². The van der Waals surface area contributed by atoms with Crippen molar-refractivity contribution in [3.8, 4) is 0 Å². The normalized spacial score (nSPS) is 14.3. The minimum atomic E-state index is -3.26. The first-order valence-corrected chi connectivity index (χ1v) is 8.61. The molecule has 0 fully saturated rings. The summed E-state index contributed by atoms with van der Waals surface area (Å²) in [5, 5.41) is 3.22. The number of benzene rings is 1. The Morgan fingerprint density at radius 3 is 2.05 bits per heavy atom. The van der Waals surface area contributed by atoms with Crippen LogP contribution in [0.2, 0.25) is 0 Å². The predicted molar refractivity (Wildman–Crippen MR) is 81.2 cm³/mol. The summed E-state index contributed by atoms with van der Waals surface area (Å²) >= 11 is 0. The molecule has 0 aliphatic rings. The highest BCUT2D eigenvalue weighted by atomic mass is 32.2. The topological polar surface area (TPSA) is 46.2 Å². The van der Waals surface area contributed by atoms with Gasteiger partial charge in [-0.05, 0) is 50.9 Å². The molecular weight excluding hydrogens is 277 g/mol. The van der Waals surface area contributed by atoms with Gasteiger partial charge in [0.05, 0.1) is 10.8 Å². The third-order valence-electron chi connectivity index (χ3n) is 3.85. The van der Waals surface area contributed by atoms with Gasteiger partial charge in [0.25, 0.3) is 0 Å². The Morgan fingerprint density at radius 1 is 1.25 bits per heavy atom. The van der Waals surface area contributed by atoms with Gasteiger partial charge in [0, 0.05) is 6.26 Å². The lowest BCUT2D eigenvalue weighted by atomic mass is 9.92. The van der Waals surface area contributed by atoms with E-state index < -0.39 is 14.6 Å². The highest BCUT2D eigenvalue weighted by molar-refractivity contribution is 7.92. The molecule has 0 aliphatic carbocycles. The van der Waals surface area contributed by atoms with Crippen LogP contribution in [0.3, 0.4) is 0 Å². The quantitative estimate of drug-likeness (QED) is 0.909. The fourth-order valence-electron chi connectivity index (χ4n) is 2.33. The predicted octanol–water partition coefficient (Wildman–Crippen LogP) is 2.92. The van der Waals surface area contributed by atoms with Crippen molar-refractivity contribution in [2.24, 2.45) is 0 Å². The number of hydrogen-bond acceptors (Lipinski definition) is 3. The van der Waals surface area contributed by atoms with Gasteiger partial charge < -0.3 is 5.32 Å². The van der Waals surface area contributed by atoms with Crippen molar-refractivity contribution in [2.75, 3.05) is 12.8 Å². The van der Waals surface area contributed by atoms with Gasteiger partial charge in [0.15, 0.2) is 9.84 Å². The Balaban J connectivity index is 3.43. The molecule has 3 nitrogen and oxygen atoms in total. The second-order valence-electron chi connectivity index (χ2n) is 5.83. The van der Waals surface area contributed by atoms with E-state index in [1.54, 1.807) is 39.8 Å². The van der Waals surface area contributed by atoms with Gasteiger partial charge in [0.1, 0.15) is 5.82 Å². The molecule has 5 heteroatoms. The van der Waals surface area contributed by atoms with Crippen LogP contribution in [-0.4, -0.2) is 26.0 Å². The molecule has 0 aromatic heterocycles. The summed E-state index contributed by atoms with van der Waals surface area (Å²) < 4.78 is 36.9. The van der Waals surface area contributed by atoms with Gasteiger partial charge in [0.2, 0.25) is 0 Å². The van der Waals surface area contributed by atoms with Crippen molar-refractivity contribution in [3.05, 3.63) is 34.6 Å². The maximum absolute atomic E-state index is 13.8. The van der Waals surface area contributed by atoms with Crippen molar-refractivity contribution in [2.45, 2.75) is 45.4 Å². The summed E-state index contributed by atoms with van der Waals surface area (Å²) in [4.78, 5) is 0. The van der Waals surface area contributed by atoms with E-state index in [1.165, 1.54) is 6.26 Å². The fraction of sp³-hybridized carbons (Fsp3) is 0.600. The van der Waals surface area contributed by atoms with E-state index in [0.717, 1.165) is 5.56 Å². The lowest BCUT2D eigenvalue weighted by Crippen LogP contribution is -2.45. The first-order valence-electron chi connectivity index (χ1n) is 6.72. The zero-order valence-electron chi connectivity index (χ0n) is 13.0. The first-order chi connectivity index (χ1) is 9.02. The minimum Gasteiger partial charge on any atom is -0.309 e. The zero-order chi connectivity index (χ0) is 15.7. The van der Waals surface area contributed by atoms with Gasteiger partial charge in [-0.1, -0.05) is 19.1 Å². The van der Waals surface area contributed by atoms with E-state index in [4.69, 9.17) is 0 Å². The van der Waals surface area contributed by atoms with Gasteiger partial charge in [-0.15, -0.1) is 0 Å². The molecule has 0 radical (unpaired) electrons. The van der Waals surface area contributed by atoms with Crippen molar-refractivity contribution in [1.29, 1.82) is 0 Å². The SMILES string of the molecule is CCNC(c1cc(C)c(F)c(C)c1)C(C)(C)S(C)(=O)=O. The zero-order valence-corrected chi connectivity index (χ0v) is 13.9. The first kappa shape index (κ1) is 17.1. The fourth-order valence-corrected chi connectivity index (χ4v) is 2.98. The van der Waals surface area contributed by atoms with Crippen LogP contribution >= 0.6 is 0 Å². The molecule has 1 N–H and O–H groups in total. The number of rotatable bonds is 5. The van der Waals surface area contributed by atoms with E-state index in [-0.39, 0.29) is 11.9 Å². The maximum Gasteiger partial charge on any atom is 0.154 e. The molecule has 0 amide bonds. The Kier molecular flexibility index (Phi) is 4.98. The summed E-state index contributed by atoms with van der Waals surface area (Å²) in [6, 6.07) is 3.08. The average Bonchev–Trinajstić information content (AvgIpc) is 2.30. The summed E-state index contributed by atoms with van der Waals surface area (Å²) in [5.74, 6) is -0.235. The number of sulfone groups is 1. The van der Waals surface area contributed by atoms with E-state index >= 15 is 0 Å². The monoisotopic (exact) mass is 301 g/mol. The van der Waals surface area contributed by atoms with Crippen LogP contribution in [0.25, 0.3) is 0 Å². The number of aryl methyl sites for hydroxylation is 2. The molecule has 0 heterocycles. The average molecular weight is 301 g/mol. The smallest absolute Gasteiger partial charge is 0.154 e. The lowest BCUT2D eigenvalue weighted by Gasteiger charge is -2.34. The molecule has 0 spiro atoms. The Morgan fingerprint density at radius 2 is 1.70 bits per heavy atom. The Hall–Kier alpha value is -0.940. The van der Waals surface area contributed by atoms with Crippen LogP contribution in [0.5, 0.6) is 0 Å². The molecule has 1 unspecified atom stereocenters. The Bertz CT molecular complexity index is 571. The van der Waals surface area contributed by atoms with Crippen LogP contribution in [0.4, 0.5) is 4.39 Å².